The van der Waals surface area contributed by atoms with Gasteiger partial charge >= 0.3 is 0 Å². The number of nitrogens with two attached hydrogens (primary N) is 1. The van der Waals surface area contributed by atoms with Gasteiger partial charge in [-0.25, -0.2) is 0 Å². The van der Waals surface area contributed by atoms with E-state index in [1.165, 1.54) is 18.5 Å². The molecular weight excluding hydrogens is 200 g/mol. The second kappa shape index (κ2) is 7.41. The topological polar surface area (TPSA) is 47.1 Å². The second-order valence-corrected chi connectivity index (χ2v) is 4.26. The average molecular weight is 224 g/mol. The first-order valence-electron chi connectivity index (χ1n) is 6.16. The molecule has 0 saturated heterocycles. The Balaban J connectivity index is 2.30. The van der Waals surface area contributed by atoms with Gasteiger partial charge in [-0.3, -0.25) is 4.68 Å². The van der Waals surface area contributed by atoms with Crippen LogP contribution in [0.15, 0.2) is 12.4 Å². The molecule has 0 unspecified atom stereocenters. The standard InChI is InChI=1S/C12H24N4/c1-3-7-16(8-4-6-13)9-5-12-10-14-15(2)11-12/h10-11H,3-9,13H2,1-2H3. The lowest BCUT2D eigenvalue weighted by Gasteiger charge is -2.20. The molecule has 4 nitrogen and oxygen atoms in total. The van der Waals surface area contributed by atoms with Crippen molar-refractivity contribution in [2.45, 2.75) is 26.2 Å². The van der Waals surface area contributed by atoms with Crippen LogP contribution < -0.4 is 5.73 Å². The van der Waals surface area contributed by atoms with Crippen LogP contribution in [0.2, 0.25) is 0 Å². The summed E-state index contributed by atoms with van der Waals surface area (Å²) >= 11 is 0. The molecule has 0 aliphatic heterocycles. The predicted octanol–water partition coefficient (Wildman–Crippen LogP) is 1.02. The highest BCUT2D eigenvalue weighted by atomic mass is 15.2. The fourth-order valence-electron chi connectivity index (χ4n) is 1.85. The fraction of sp³-hybridized carbons (Fsp3) is 0.750. The highest BCUT2D eigenvalue weighted by Gasteiger charge is 2.04. The van der Waals surface area contributed by atoms with E-state index in [1.54, 1.807) is 0 Å². The lowest BCUT2D eigenvalue weighted by atomic mass is 10.2. The van der Waals surface area contributed by atoms with Gasteiger partial charge in [0.15, 0.2) is 0 Å². The summed E-state index contributed by atoms with van der Waals surface area (Å²) in [5, 5.41) is 4.18. The molecule has 1 rings (SSSR count). The third-order valence-corrected chi connectivity index (χ3v) is 2.69. The summed E-state index contributed by atoms with van der Waals surface area (Å²) < 4.78 is 1.86. The Morgan fingerprint density at radius 2 is 2.19 bits per heavy atom. The number of rotatable bonds is 8. The van der Waals surface area contributed by atoms with Crippen molar-refractivity contribution in [2.75, 3.05) is 26.2 Å². The van der Waals surface area contributed by atoms with Gasteiger partial charge in [0.25, 0.3) is 0 Å². The minimum absolute atomic E-state index is 0.785. The summed E-state index contributed by atoms with van der Waals surface area (Å²) in [6.07, 6.45) is 7.42. The Morgan fingerprint density at radius 3 is 2.75 bits per heavy atom. The molecule has 92 valence electrons. The van der Waals surface area contributed by atoms with Crippen LogP contribution in [0.5, 0.6) is 0 Å². The highest BCUT2D eigenvalue weighted by Crippen LogP contribution is 2.01. The van der Waals surface area contributed by atoms with E-state index >= 15 is 0 Å². The predicted molar refractivity (Wildman–Crippen MR) is 67.3 cm³/mol. The minimum atomic E-state index is 0.785. The van der Waals surface area contributed by atoms with Crippen molar-refractivity contribution in [3.8, 4) is 0 Å². The Bertz CT molecular complexity index is 282. The molecule has 0 aromatic carbocycles. The second-order valence-electron chi connectivity index (χ2n) is 4.26. The molecule has 0 fully saturated rings. The molecule has 4 heteroatoms. The van der Waals surface area contributed by atoms with E-state index in [0.29, 0.717) is 0 Å². The molecule has 0 aliphatic rings. The molecule has 0 bridgehead atoms. The van der Waals surface area contributed by atoms with Crippen LogP contribution in [0.3, 0.4) is 0 Å². The third kappa shape index (κ3) is 4.77. The molecule has 0 saturated carbocycles. The van der Waals surface area contributed by atoms with Crippen molar-refractivity contribution in [3.05, 3.63) is 18.0 Å². The maximum atomic E-state index is 5.54. The van der Waals surface area contributed by atoms with Crippen molar-refractivity contribution in [1.29, 1.82) is 0 Å². The Labute approximate surface area is 98.4 Å². The summed E-state index contributed by atoms with van der Waals surface area (Å²) in [6, 6.07) is 0. The van der Waals surface area contributed by atoms with Crippen LogP contribution in [0.4, 0.5) is 0 Å². The monoisotopic (exact) mass is 224 g/mol. The van der Waals surface area contributed by atoms with Gasteiger partial charge in [0.1, 0.15) is 0 Å². The van der Waals surface area contributed by atoms with E-state index in [4.69, 9.17) is 5.73 Å². The van der Waals surface area contributed by atoms with Crippen LogP contribution in [0, 0.1) is 0 Å². The summed E-state index contributed by atoms with van der Waals surface area (Å²) in [5.41, 5.74) is 6.86. The van der Waals surface area contributed by atoms with Gasteiger partial charge in [-0.05, 0) is 44.5 Å². The van der Waals surface area contributed by atoms with E-state index in [-0.39, 0.29) is 0 Å². The van der Waals surface area contributed by atoms with Crippen molar-refractivity contribution in [1.82, 2.24) is 14.7 Å². The van der Waals surface area contributed by atoms with Crippen molar-refractivity contribution >= 4 is 0 Å². The van der Waals surface area contributed by atoms with E-state index in [0.717, 1.165) is 32.5 Å². The first-order valence-corrected chi connectivity index (χ1v) is 6.16. The summed E-state index contributed by atoms with van der Waals surface area (Å²) in [7, 11) is 1.96. The largest absolute Gasteiger partial charge is 0.330 e. The fourth-order valence-corrected chi connectivity index (χ4v) is 1.85. The van der Waals surface area contributed by atoms with Gasteiger partial charge < -0.3 is 10.6 Å². The first kappa shape index (κ1) is 13.2. The molecular formula is C12H24N4. The van der Waals surface area contributed by atoms with Gasteiger partial charge in [0.2, 0.25) is 0 Å². The van der Waals surface area contributed by atoms with Gasteiger partial charge in [0, 0.05) is 19.8 Å². The zero-order valence-electron chi connectivity index (χ0n) is 10.5. The van der Waals surface area contributed by atoms with Crippen LogP contribution in [0.25, 0.3) is 0 Å². The third-order valence-electron chi connectivity index (χ3n) is 2.69. The van der Waals surface area contributed by atoms with Crippen LogP contribution >= 0.6 is 0 Å². The van der Waals surface area contributed by atoms with Crippen LogP contribution in [-0.4, -0.2) is 40.9 Å². The summed E-state index contributed by atoms with van der Waals surface area (Å²) in [4.78, 5) is 2.49. The molecule has 1 heterocycles. The van der Waals surface area contributed by atoms with E-state index in [9.17, 15) is 0 Å². The Kier molecular flexibility index (Phi) is 6.11. The molecule has 0 radical (unpaired) electrons. The molecule has 16 heavy (non-hydrogen) atoms. The van der Waals surface area contributed by atoms with Crippen molar-refractivity contribution < 1.29 is 0 Å². The number of hydrogen-bond donors (Lipinski definition) is 1. The number of aromatic nitrogens is 2. The van der Waals surface area contributed by atoms with Gasteiger partial charge in [-0.1, -0.05) is 6.92 Å². The maximum Gasteiger partial charge on any atom is 0.0522 e. The van der Waals surface area contributed by atoms with E-state index in [2.05, 4.69) is 23.1 Å². The van der Waals surface area contributed by atoms with Gasteiger partial charge in [-0.15, -0.1) is 0 Å². The minimum Gasteiger partial charge on any atom is -0.330 e. The maximum absolute atomic E-state index is 5.54. The van der Waals surface area contributed by atoms with Gasteiger partial charge in [0.05, 0.1) is 6.20 Å². The Morgan fingerprint density at radius 1 is 1.38 bits per heavy atom. The molecule has 0 aliphatic carbocycles. The normalized spacial score (nSPS) is 11.2. The molecule has 0 amide bonds. The molecule has 2 N–H and O–H groups in total. The summed E-state index contributed by atoms with van der Waals surface area (Å²) in [6.45, 7) is 6.40. The van der Waals surface area contributed by atoms with Crippen molar-refractivity contribution in [2.24, 2.45) is 12.8 Å². The molecule has 1 aromatic heterocycles. The Hall–Kier alpha value is -0.870. The molecule has 1 aromatic rings. The smallest absolute Gasteiger partial charge is 0.0522 e. The zero-order chi connectivity index (χ0) is 11.8. The first-order chi connectivity index (χ1) is 7.76. The van der Waals surface area contributed by atoms with Gasteiger partial charge in [-0.2, -0.15) is 5.10 Å². The lowest BCUT2D eigenvalue weighted by Crippen LogP contribution is -2.29. The van der Waals surface area contributed by atoms with E-state index < -0.39 is 0 Å². The molecule has 0 spiro atoms. The average Bonchev–Trinajstić information content (AvgIpc) is 2.68. The SMILES string of the molecule is CCCN(CCCN)CCc1cnn(C)c1. The quantitative estimate of drug-likeness (QED) is 0.717. The number of aryl methyl sites for hydroxylation is 1. The zero-order valence-corrected chi connectivity index (χ0v) is 10.5. The number of nitrogens with zero attached hydrogens (tertiary/aromatic N) is 3. The molecule has 0 atom stereocenters. The van der Waals surface area contributed by atoms with E-state index in [1.807, 2.05) is 17.9 Å². The highest BCUT2D eigenvalue weighted by molar-refractivity contribution is 5.03. The van der Waals surface area contributed by atoms with Crippen molar-refractivity contribution in [3.63, 3.8) is 0 Å². The summed E-state index contributed by atoms with van der Waals surface area (Å²) in [5.74, 6) is 0. The number of hydrogen-bond acceptors (Lipinski definition) is 3. The lowest BCUT2D eigenvalue weighted by molar-refractivity contribution is 0.275. The van der Waals surface area contributed by atoms with Crippen LogP contribution in [-0.2, 0) is 13.5 Å². The van der Waals surface area contributed by atoms with Crippen LogP contribution in [0.1, 0.15) is 25.3 Å².